The van der Waals surface area contributed by atoms with Crippen LogP contribution in [0.3, 0.4) is 0 Å². The summed E-state index contributed by atoms with van der Waals surface area (Å²) in [5.74, 6) is 1.27. The normalized spacial score (nSPS) is 10.1. The lowest BCUT2D eigenvalue weighted by molar-refractivity contribution is 0.940. The molecule has 0 radical (unpaired) electrons. The number of hydrogen-bond donors (Lipinski definition) is 1. The molecule has 6 heteroatoms. The fraction of sp³-hybridized carbons (Fsp3) is 0.200. The Morgan fingerprint density at radius 2 is 2.00 bits per heavy atom. The molecule has 0 aliphatic rings. The van der Waals surface area contributed by atoms with Crippen LogP contribution >= 0.6 is 11.6 Å². The minimum atomic E-state index is 0.517. The van der Waals surface area contributed by atoms with Crippen molar-refractivity contribution in [2.45, 2.75) is 13.5 Å². The van der Waals surface area contributed by atoms with E-state index in [1.165, 1.54) is 0 Å². The first-order valence-corrected chi connectivity index (χ1v) is 5.12. The van der Waals surface area contributed by atoms with Gasteiger partial charge in [0.25, 0.3) is 0 Å². The quantitative estimate of drug-likeness (QED) is 0.880. The maximum atomic E-state index is 5.68. The second-order valence-corrected chi connectivity index (χ2v) is 3.61. The number of rotatable bonds is 3. The average molecular weight is 236 g/mol. The number of aryl methyl sites for hydroxylation is 1. The lowest BCUT2D eigenvalue weighted by Crippen LogP contribution is -2.05. The number of halogens is 1. The molecule has 0 amide bonds. The van der Waals surface area contributed by atoms with E-state index in [4.69, 9.17) is 11.6 Å². The van der Waals surface area contributed by atoms with E-state index in [2.05, 4.69) is 25.3 Å². The zero-order valence-corrected chi connectivity index (χ0v) is 9.44. The van der Waals surface area contributed by atoms with Crippen molar-refractivity contribution in [1.82, 2.24) is 19.9 Å². The van der Waals surface area contributed by atoms with Crippen LogP contribution in [0.4, 0.5) is 5.95 Å². The molecule has 2 heterocycles. The fourth-order valence-electron chi connectivity index (χ4n) is 1.18. The van der Waals surface area contributed by atoms with Gasteiger partial charge in [-0.2, -0.15) is 0 Å². The minimum Gasteiger partial charge on any atom is -0.349 e. The fourth-order valence-corrected chi connectivity index (χ4v) is 1.27. The summed E-state index contributed by atoms with van der Waals surface area (Å²) in [5, 5.41) is 3.56. The maximum absolute atomic E-state index is 5.68. The summed E-state index contributed by atoms with van der Waals surface area (Å²) in [7, 11) is 0. The predicted octanol–water partition coefficient (Wildman–Crippen LogP) is 1.84. The molecular weight excluding hydrogens is 226 g/mol. The maximum Gasteiger partial charge on any atom is 0.222 e. The molecule has 0 fully saturated rings. The highest BCUT2D eigenvalue weighted by Crippen LogP contribution is 2.06. The van der Waals surface area contributed by atoms with E-state index in [1.807, 2.05) is 13.0 Å². The summed E-state index contributed by atoms with van der Waals surface area (Å²) in [6.07, 6.45) is 4.81. The molecule has 0 aliphatic heterocycles. The third-order valence-corrected chi connectivity index (χ3v) is 2.08. The molecular formula is C10H10ClN5. The number of hydrogen-bond acceptors (Lipinski definition) is 5. The van der Waals surface area contributed by atoms with E-state index in [0.717, 1.165) is 11.5 Å². The molecule has 0 spiro atoms. The molecule has 0 saturated heterocycles. The van der Waals surface area contributed by atoms with Crippen LogP contribution in [0.25, 0.3) is 0 Å². The Balaban J connectivity index is 1.99. The first-order chi connectivity index (χ1) is 7.74. The lowest BCUT2D eigenvalue weighted by Gasteiger charge is -2.03. The molecule has 1 N–H and O–H groups in total. The van der Waals surface area contributed by atoms with E-state index < -0.39 is 0 Å². The van der Waals surface area contributed by atoms with Crippen molar-refractivity contribution < 1.29 is 0 Å². The van der Waals surface area contributed by atoms with Gasteiger partial charge in [-0.15, -0.1) is 0 Å². The predicted molar refractivity (Wildman–Crippen MR) is 61.1 cm³/mol. The number of aromatic nitrogens is 4. The standard InChI is InChI=1S/C10H10ClN5/c1-7-12-3-2-9(16-7)6-15-10-13-4-8(11)5-14-10/h2-5H,6H2,1H3,(H,13,14,15). The van der Waals surface area contributed by atoms with Gasteiger partial charge in [-0.3, -0.25) is 0 Å². The van der Waals surface area contributed by atoms with Crippen LogP contribution < -0.4 is 5.32 Å². The molecule has 0 bridgehead atoms. The molecule has 2 aromatic heterocycles. The van der Waals surface area contributed by atoms with Crippen LogP contribution in [0.2, 0.25) is 5.02 Å². The summed E-state index contributed by atoms with van der Waals surface area (Å²) < 4.78 is 0. The summed E-state index contributed by atoms with van der Waals surface area (Å²) in [6.45, 7) is 2.41. The summed E-state index contributed by atoms with van der Waals surface area (Å²) >= 11 is 5.68. The van der Waals surface area contributed by atoms with E-state index in [1.54, 1.807) is 18.6 Å². The van der Waals surface area contributed by atoms with Gasteiger partial charge in [-0.1, -0.05) is 11.6 Å². The zero-order chi connectivity index (χ0) is 11.4. The summed E-state index contributed by atoms with van der Waals surface area (Å²) in [4.78, 5) is 16.3. The van der Waals surface area contributed by atoms with Crippen molar-refractivity contribution in [3.63, 3.8) is 0 Å². The highest BCUT2D eigenvalue weighted by Gasteiger charge is 1.98. The van der Waals surface area contributed by atoms with Crippen molar-refractivity contribution in [1.29, 1.82) is 0 Å². The minimum absolute atomic E-state index is 0.517. The SMILES string of the molecule is Cc1nccc(CNc2ncc(Cl)cn2)n1. The van der Waals surface area contributed by atoms with E-state index >= 15 is 0 Å². The van der Waals surface area contributed by atoms with Gasteiger partial charge in [0, 0.05) is 6.20 Å². The molecule has 0 saturated carbocycles. The summed E-state index contributed by atoms with van der Waals surface area (Å²) in [5.41, 5.74) is 0.894. The van der Waals surface area contributed by atoms with Crippen molar-refractivity contribution >= 4 is 17.5 Å². The smallest absolute Gasteiger partial charge is 0.222 e. The number of anilines is 1. The largest absolute Gasteiger partial charge is 0.349 e. The number of nitrogens with zero attached hydrogens (tertiary/aromatic N) is 4. The van der Waals surface area contributed by atoms with Crippen molar-refractivity contribution in [2.75, 3.05) is 5.32 Å². The number of nitrogens with one attached hydrogen (secondary N) is 1. The van der Waals surface area contributed by atoms with Crippen LogP contribution in [0, 0.1) is 6.92 Å². The van der Waals surface area contributed by atoms with Gasteiger partial charge >= 0.3 is 0 Å². The molecule has 5 nitrogen and oxygen atoms in total. The van der Waals surface area contributed by atoms with Crippen molar-refractivity contribution in [3.05, 3.63) is 41.2 Å². The van der Waals surface area contributed by atoms with Gasteiger partial charge in [0.2, 0.25) is 5.95 Å². The highest BCUT2D eigenvalue weighted by atomic mass is 35.5. The Labute approximate surface area is 98.0 Å². The third-order valence-electron chi connectivity index (χ3n) is 1.88. The van der Waals surface area contributed by atoms with E-state index in [9.17, 15) is 0 Å². The Hall–Kier alpha value is -1.75. The Kier molecular flexibility index (Phi) is 3.26. The Morgan fingerprint density at radius 3 is 2.69 bits per heavy atom. The van der Waals surface area contributed by atoms with E-state index in [-0.39, 0.29) is 0 Å². The second-order valence-electron chi connectivity index (χ2n) is 3.17. The highest BCUT2D eigenvalue weighted by molar-refractivity contribution is 6.30. The van der Waals surface area contributed by atoms with Crippen LogP contribution in [-0.4, -0.2) is 19.9 Å². The van der Waals surface area contributed by atoms with Gasteiger partial charge < -0.3 is 5.32 Å². The Bertz CT molecular complexity index is 471. The topological polar surface area (TPSA) is 63.6 Å². The Morgan fingerprint density at radius 1 is 1.25 bits per heavy atom. The first kappa shape index (κ1) is 10.8. The second kappa shape index (κ2) is 4.85. The third kappa shape index (κ3) is 2.87. The van der Waals surface area contributed by atoms with Crippen LogP contribution in [0.1, 0.15) is 11.5 Å². The molecule has 0 aliphatic carbocycles. The van der Waals surface area contributed by atoms with Gasteiger partial charge in [-0.05, 0) is 13.0 Å². The summed E-state index contributed by atoms with van der Waals surface area (Å²) in [6, 6.07) is 1.84. The lowest BCUT2D eigenvalue weighted by atomic mass is 10.4. The molecule has 2 rings (SSSR count). The van der Waals surface area contributed by atoms with Crippen LogP contribution in [0.5, 0.6) is 0 Å². The molecule has 0 atom stereocenters. The van der Waals surface area contributed by atoms with Gasteiger partial charge in [0.1, 0.15) is 5.82 Å². The monoisotopic (exact) mass is 235 g/mol. The first-order valence-electron chi connectivity index (χ1n) is 4.74. The molecule has 16 heavy (non-hydrogen) atoms. The zero-order valence-electron chi connectivity index (χ0n) is 8.68. The van der Waals surface area contributed by atoms with Crippen LogP contribution in [-0.2, 0) is 6.54 Å². The van der Waals surface area contributed by atoms with Crippen LogP contribution in [0.15, 0.2) is 24.7 Å². The molecule has 82 valence electrons. The van der Waals surface area contributed by atoms with Gasteiger partial charge in [0.05, 0.1) is 29.7 Å². The molecule has 0 unspecified atom stereocenters. The van der Waals surface area contributed by atoms with E-state index in [0.29, 0.717) is 17.5 Å². The molecule has 0 aromatic carbocycles. The van der Waals surface area contributed by atoms with Crippen molar-refractivity contribution in [3.8, 4) is 0 Å². The van der Waals surface area contributed by atoms with Gasteiger partial charge in [0.15, 0.2) is 0 Å². The molecule has 2 aromatic rings. The van der Waals surface area contributed by atoms with Gasteiger partial charge in [-0.25, -0.2) is 19.9 Å². The van der Waals surface area contributed by atoms with Crippen molar-refractivity contribution in [2.24, 2.45) is 0 Å². The average Bonchev–Trinajstić information content (AvgIpc) is 2.28.